The minimum Gasteiger partial charge on any atom is -0.492 e. The number of nitrogens with zero attached hydrogens (tertiary/aromatic N) is 1. The van der Waals surface area contributed by atoms with E-state index in [2.05, 4.69) is 9.88 Å². The number of sulfonamides is 1. The van der Waals surface area contributed by atoms with Crippen LogP contribution in [0.4, 0.5) is 11.6 Å². The van der Waals surface area contributed by atoms with Crippen LogP contribution >= 0.6 is 0 Å². The number of nitrogens with one attached hydrogen (secondary N) is 1. The van der Waals surface area contributed by atoms with Gasteiger partial charge in [-0.05, 0) is 31.2 Å². The van der Waals surface area contributed by atoms with E-state index >= 15 is 0 Å². The maximum absolute atomic E-state index is 11.8. The molecular weight excluding hydrogens is 282 g/mol. The normalized spacial score (nSPS) is 11.2. The summed E-state index contributed by atoms with van der Waals surface area (Å²) in [4.78, 5) is 0. The van der Waals surface area contributed by atoms with Gasteiger partial charge < -0.3 is 15.0 Å². The van der Waals surface area contributed by atoms with Crippen molar-refractivity contribution < 1.29 is 17.7 Å². The number of rotatable bonds is 6. The van der Waals surface area contributed by atoms with Crippen LogP contribution < -0.4 is 15.2 Å². The van der Waals surface area contributed by atoms with Gasteiger partial charge in [0.2, 0.25) is 15.9 Å². The summed E-state index contributed by atoms with van der Waals surface area (Å²) in [5.41, 5.74) is 6.75. The Morgan fingerprint density at radius 2 is 2.05 bits per heavy atom. The fourth-order valence-electron chi connectivity index (χ4n) is 1.45. The summed E-state index contributed by atoms with van der Waals surface area (Å²) in [5.74, 6) is 0.455. The molecule has 2 aromatic rings. The monoisotopic (exact) mass is 297 g/mol. The highest BCUT2D eigenvalue weighted by atomic mass is 32.2. The molecule has 0 aliphatic carbocycles. The average Bonchev–Trinajstić information content (AvgIpc) is 2.76. The SMILES string of the molecule is Cc1cc(NS(=O)(=O)CCOc2ccc(N)cc2)on1. The standard InChI is InChI=1S/C12H15N3O4S/c1-9-8-12(19-14-9)15-20(16,17)7-6-18-11-4-2-10(13)3-5-11/h2-5,8,15H,6-7,13H2,1H3. The Balaban J connectivity index is 1.84. The first kappa shape index (κ1) is 14.2. The molecule has 0 spiro atoms. The summed E-state index contributed by atoms with van der Waals surface area (Å²) in [5, 5.41) is 3.59. The smallest absolute Gasteiger partial charge is 0.238 e. The Morgan fingerprint density at radius 1 is 1.35 bits per heavy atom. The van der Waals surface area contributed by atoms with Crippen molar-refractivity contribution in [2.75, 3.05) is 22.8 Å². The lowest BCUT2D eigenvalue weighted by Gasteiger charge is -2.07. The van der Waals surface area contributed by atoms with Gasteiger partial charge in [0, 0.05) is 11.8 Å². The topological polar surface area (TPSA) is 107 Å². The van der Waals surface area contributed by atoms with Crippen molar-refractivity contribution in [1.29, 1.82) is 0 Å². The molecule has 0 atom stereocenters. The van der Waals surface area contributed by atoms with E-state index in [1.165, 1.54) is 6.07 Å². The van der Waals surface area contributed by atoms with E-state index in [1.54, 1.807) is 31.2 Å². The van der Waals surface area contributed by atoms with Crippen molar-refractivity contribution in [2.45, 2.75) is 6.92 Å². The van der Waals surface area contributed by atoms with E-state index in [1.807, 2.05) is 0 Å². The van der Waals surface area contributed by atoms with Crippen LogP contribution in [0.3, 0.4) is 0 Å². The number of ether oxygens (including phenoxy) is 1. The molecule has 0 saturated carbocycles. The maximum atomic E-state index is 11.8. The van der Waals surface area contributed by atoms with Crippen molar-refractivity contribution in [3.05, 3.63) is 36.0 Å². The average molecular weight is 297 g/mol. The highest BCUT2D eigenvalue weighted by Crippen LogP contribution is 2.14. The first-order chi connectivity index (χ1) is 9.44. The van der Waals surface area contributed by atoms with Crippen molar-refractivity contribution in [1.82, 2.24) is 5.16 Å². The van der Waals surface area contributed by atoms with Gasteiger partial charge in [-0.15, -0.1) is 0 Å². The van der Waals surface area contributed by atoms with Crippen LogP contribution in [0.2, 0.25) is 0 Å². The predicted octanol–water partition coefficient (Wildman–Crippen LogP) is 1.39. The first-order valence-electron chi connectivity index (χ1n) is 5.87. The fraction of sp³-hybridized carbons (Fsp3) is 0.250. The molecule has 8 heteroatoms. The summed E-state index contributed by atoms with van der Waals surface area (Å²) < 4.78 is 35.9. The number of benzene rings is 1. The van der Waals surface area contributed by atoms with Crippen molar-refractivity contribution in [2.24, 2.45) is 0 Å². The van der Waals surface area contributed by atoms with E-state index < -0.39 is 10.0 Å². The zero-order valence-corrected chi connectivity index (χ0v) is 11.7. The highest BCUT2D eigenvalue weighted by Gasteiger charge is 2.13. The second-order valence-corrected chi connectivity index (χ2v) is 6.01. The third-order valence-corrected chi connectivity index (χ3v) is 3.60. The summed E-state index contributed by atoms with van der Waals surface area (Å²) >= 11 is 0. The zero-order chi connectivity index (χ0) is 14.6. The quantitative estimate of drug-likeness (QED) is 0.780. The second-order valence-electron chi connectivity index (χ2n) is 4.17. The Kier molecular flexibility index (Phi) is 4.14. The summed E-state index contributed by atoms with van der Waals surface area (Å²) in [6.45, 7) is 1.72. The number of hydrogen-bond donors (Lipinski definition) is 2. The molecule has 0 aliphatic rings. The summed E-state index contributed by atoms with van der Waals surface area (Å²) in [6.07, 6.45) is 0. The van der Waals surface area contributed by atoms with Gasteiger partial charge in [-0.3, -0.25) is 4.72 Å². The Bertz CT molecular complexity index is 664. The Labute approximate surface area is 116 Å². The largest absolute Gasteiger partial charge is 0.492 e. The van der Waals surface area contributed by atoms with Crippen LogP contribution in [-0.2, 0) is 10.0 Å². The maximum Gasteiger partial charge on any atom is 0.238 e. The third kappa shape index (κ3) is 4.16. The number of anilines is 2. The van der Waals surface area contributed by atoms with Gasteiger partial charge in [0.15, 0.2) is 0 Å². The van der Waals surface area contributed by atoms with Gasteiger partial charge in [0.05, 0.1) is 5.69 Å². The van der Waals surface area contributed by atoms with E-state index in [0.717, 1.165) is 0 Å². The lowest BCUT2D eigenvalue weighted by Crippen LogP contribution is -2.21. The van der Waals surface area contributed by atoms with Crippen molar-refractivity contribution in [3.8, 4) is 5.75 Å². The molecular formula is C12H15N3O4S. The molecule has 0 radical (unpaired) electrons. The van der Waals surface area contributed by atoms with Crippen LogP contribution in [-0.4, -0.2) is 25.9 Å². The number of aromatic nitrogens is 1. The molecule has 3 N–H and O–H groups in total. The van der Waals surface area contributed by atoms with Gasteiger partial charge in [-0.25, -0.2) is 8.42 Å². The molecule has 2 rings (SSSR count). The van der Waals surface area contributed by atoms with Crippen LogP contribution in [0.1, 0.15) is 5.69 Å². The predicted molar refractivity (Wildman–Crippen MR) is 75.0 cm³/mol. The fourth-order valence-corrected chi connectivity index (χ4v) is 2.26. The van der Waals surface area contributed by atoms with E-state index in [4.69, 9.17) is 15.0 Å². The lowest BCUT2D eigenvalue weighted by atomic mass is 10.3. The Hall–Kier alpha value is -2.22. The number of nitrogens with two attached hydrogens (primary N) is 1. The number of nitrogen functional groups attached to an aromatic ring is 1. The summed E-state index contributed by atoms with van der Waals surface area (Å²) in [7, 11) is -3.53. The van der Waals surface area contributed by atoms with Crippen LogP contribution in [0.5, 0.6) is 5.75 Å². The van der Waals surface area contributed by atoms with Gasteiger partial charge >= 0.3 is 0 Å². The second kappa shape index (κ2) is 5.83. The molecule has 1 aromatic carbocycles. The highest BCUT2D eigenvalue weighted by molar-refractivity contribution is 7.92. The molecule has 0 fully saturated rings. The lowest BCUT2D eigenvalue weighted by molar-refractivity contribution is 0.341. The van der Waals surface area contributed by atoms with Gasteiger partial charge in [0.25, 0.3) is 0 Å². The van der Waals surface area contributed by atoms with Gasteiger partial charge in [-0.2, -0.15) is 0 Å². The van der Waals surface area contributed by atoms with Crippen LogP contribution in [0.25, 0.3) is 0 Å². The molecule has 0 amide bonds. The van der Waals surface area contributed by atoms with Crippen molar-refractivity contribution >= 4 is 21.6 Å². The molecule has 20 heavy (non-hydrogen) atoms. The Morgan fingerprint density at radius 3 is 2.65 bits per heavy atom. The number of aryl methyl sites for hydroxylation is 1. The molecule has 1 aromatic heterocycles. The van der Waals surface area contributed by atoms with Gasteiger partial charge in [0.1, 0.15) is 18.1 Å². The zero-order valence-electron chi connectivity index (χ0n) is 10.9. The van der Waals surface area contributed by atoms with E-state index in [-0.39, 0.29) is 18.2 Å². The van der Waals surface area contributed by atoms with Crippen LogP contribution in [0.15, 0.2) is 34.9 Å². The van der Waals surface area contributed by atoms with E-state index in [9.17, 15) is 8.42 Å². The minimum absolute atomic E-state index is 0.0202. The molecule has 1 heterocycles. The van der Waals surface area contributed by atoms with E-state index in [0.29, 0.717) is 17.1 Å². The first-order valence-corrected chi connectivity index (χ1v) is 7.52. The molecule has 7 nitrogen and oxygen atoms in total. The van der Waals surface area contributed by atoms with Crippen molar-refractivity contribution in [3.63, 3.8) is 0 Å². The molecule has 0 saturated heterocycles. The molecule has 0 aliphatic heterocycles. The molecule has 0 unspecified atom stereocenters. The summed E-state index contributed by atoms with van der Waals surface area (Å²) in [6, 6.07) is 8.21. The minimum atomic E-state index is -3.53. The third-order valence-electron chi connectivity index (χ3n) is 2.38. The molecule has 0 bridgehead atoms. The van der Waals surface area contributed by atoms with Gasteiger partial charge in [-0.1, -0.05) is 5.16 Å². The van der Waals surface area contributed by atoms with Crippen LogP contribution in [0, 0.1) is 6.92 Å². The molecule has 108 valence electrons. The number of hydrogen-bond acceptors (Lipinski definition) is 6.